The normalized spacial score (nSPS) is 42.2. The van der Waals surface area contributed by atoms with E-state index < -0.39 is 37.3 Å². The molecule has 17 heavy (non-hydrogen) atoms. The highest BCUT2D eigenvalue weighted by Crippen LogP contribution is 2.29. The Balaban J connectivity index is 1.98. The van der Waals surface area contributed by atoms with Gasteiger partial charge in [0.25, 0.3) is 0 Å². The predicted molar refractivity (Wildman–Crippen MR) is 54.6 cm³/mol. The van der Waals surface area contributed by atoms with Gasteiger partial charge in [0.15, 0.2) is 6.29 Å². The van der Waals surface area contributed by atoms with Gasteiger partial charge in [-0.15, -0.1) is 0 Å². The number of rotatable bonds is 3. The minimum atomic E-state index is -1.44. The molecule has 0 aromatic carbocycles. The smallest absolute Gasteiger partial charge is 0.223 e. The lowest BCUT2D eigenvalue weighted by molar-refractivity contribution is -0.253. The first kappa shape index (κ1) is 12.7. The van der Waals surface area contributed by atoms with E-state index in [0.717, 1.165) is 12.8 Å². The van der Waals surface area contributed by atoms with Crippen molar-refractivity contribution in [2.75, 3.05) is 6.61 Å². The van der Waals surface area contributed by atoms with Crippen molar-refractivity contribution >= 4 is 5.91 Å². The number of nitrogens with one attached hydrogen (secondary N) is 1. The maximum absolute atomic E-state index is 11.5. The van der Waals surface area contributed by atoms with Crippen molar-refractivity contribution in [3.8, 4) is 0 Å². The van der Waals surface area contributed by atoms with Gasteiger partial charge in [0, 0.05) is 5.92 Å². The van der Waals surface area contributed by atoms with E-state index in [1.807, 2.05) is 0 Å². The number of aliphatic hydroxyl groups is 4. The van der Waals surface area contributed by atoms with Gasteiger partial charge in [-0.1, -0.05) is 0 Å². The highest BCUT2D eigenvalue weighted by molar-refractivity contribution is 5.81. The summed E-state index contributed by atoms with van der Waals surface area (Å²) in [5.74, 6) is -0.326. The van der Waals surface area contributed by atoms with Crippen molar-refractivity contribution in [1.29, 1.82) is 0 Å². The van der Waals surface area contributed by atoms with Crippen molar-refractivity contribution in [3.05, 3.63) is 0 Å². The Hall–Kier alpha value is -0.730. The number of aliphatic hydroxyl groups excluding tert-OH is 4. The van der Waals surface area contributed by atoms with E-state index in [1.165, 1.54) is 0 Å². The van der Waals surface area contributed by atoms with Crippen LogP contribution < -0.4 is 5.32 Å². The highest BCUT2D eigenvalue weighted by atomic mass is 16.6. The second-order valence-corrected chi connectivity index (χ2v) is 4.54. The SMILES string of the molecule is O=C(NC1C(O)O[C@H](CO)C(O)[C@@H]1O)C1CC1. The third kappa shape index (κ3) is 2.58. The molecule has 1 aliphatic carbocycles. The first-order chi connectivity index (χ1) is 8.04. The summed E-state index contributed by atoms with van der Waals surface area (Å²) < 4.78 is 4.91. The van der Waals surface area contributed by atoms with Crippen LogP contribution in [0.15, 0.2) is 0 Å². The van der Waals surface area contributed by atoms with E-state index in [0.29, 0.717) is 0 Å². The van der Waals surface area contributed by atoms with E-state index in [9.17, 15) is 20.1 Å². The van der Waals surface area contributed by atoms with Crippen LogP contribution in [-0.2, 0) is 9.53 Å². The number of amides is 1. The molecule has 1 heterocycles. The first-order valence-electron chi connectivity index (χ1n) is 5.65. The van der Waals surface area contributed by atoms with Crippen molar-refractivity contribution in [3.63, 3.8) is 0 Å². The Bertz CT molecular complexity index is 295. The molecule has 1 saturated heterocycles. The average Bonchev–Trinajstić information content (AvgIpc) is 3.13. The van der Waals surface area contributed by atoms with Crippen molar-refractivity contribution in [1.82, 2.24) is 5.32 Å². The molecule has 5 atom stereocenters. The molecular formula is C10H17NO6. The number of carbonyl (C=O) groups is 1. The van der Waals surface area contributed by atoms with Gasteiger partial charge in [0.2, 0.25) is 5.91 Å². The zero-order valence-corrected chi connectivity index (χ0v) is 9.19. The molecule has 1 saturated carbocycles. The number of hydrogen-bond acceptors (Lipinski definition) is 6. The summed E-state index contributed by atoms with van der Waals surface area (Å²) in [6.07, 6.45) is -3.59. The van der Waals surface area contributed by atoms with Crippen LogP contribution >= 0.6 is 0 Å². The molecule has 2 fully saturated rings. The predicted octanol–water partition coefficient (Wildman–Crippen LogP) is -2.69. The number of hydrogen-bond donors (Lipinski definition) is 5. The zero-order chi connectivity index (χ0) is 12.6. The van der Waals surface area contributed by atoms with E-state index in [1.54, 1.807) is 0 Å². The molecule has 0 radical (unpaired) electrons. The van der Waals surface area contributed by atoms with Crippen LogP contribution in [0, 0.1) is 5.92 Å². The Kier molecular flexibility index (Phi) is 3.64. The van der Waals surface area contributed by atoms with Crippen LogP contribution in [-0.4, -0.2) is 63.6 Å². The third-order valence-corrected chi connectivity index (χ3v) is 3.16. The van der Waals surface area contributed by atoms with E-state index in [-0.39, 0.29) is 11.8 Å². The molecule has 1 amide bonds. The zero-order valence-electron chi connectivity index (χ0n) is 9.19. The fourth-order valence-corrected chi connectivity index (χ4v) is 1.88. The summed E-state index contributed by atoms with van der Waals surface area (Å²) >= 11 is 0. The lowest BCUT2D eigenvalue weighted by Crippen LogP contribution is -2.64. The maximum Gasteiger partial charge on any atom is 0.223 e. The summed E-state index contributed by atoms with van der Waals surface area (Å²) in [6, 6.07) is -1.07. The molecule has 0 bridgehead atoms. The lowest BCUT2D eigenvalue weighted by atomic mass is 9.97. The molecular weight excluding hydrogens is 230 g/mol. The van der Waals surface area contributed by atoms with Crippen LogP contribution in [0.25, 0.3) is 0 Å². The van der Waals surface area contributed by atoms with E-state index in [2.05, 4.69) is 5.32 Å². The van der Waals surface area contributed by atoms with Crippen LogP contribution in [0.5, 0.6) is 0 Å². The van der Waals surface area contributed by atoms with Crippen molar-refractivity contribution < 1.29 is 30.0 Å². The molecule has 2 rings (SSSR count). The largest absolute Gasteiger partial charge is 0.394 e. The average molecular weight is 247 g/mol. The fourth-order valence-electron chi connectivity index (χ4n) is 1.88. The Morgan fingerprint density at radius 3 is 2.41 bits per heavy atom. The second kappa shape index (κ2) is 4.87. The van der Waals surface area contributed by atoms with Crippen LogP contribution in [0.3, 0.4) is 0 Å². The molecule has 0 aromatic heterocycles. The number of ether oxygens (including phenoxy) is 1. The summed E-state index contributed by atoms with van der Waals surface area (Å²) in [4.78, 5) is 11.5. The van der Waals surface area contributed by atoms with Gasteiger partial charge in [-0.3, -0.25) is 4.79 Å². The Morgan fingerprint density at radius 2 is 1.88 bits per heavy atom. The Labute approximate surface area is 98.0 Å². The number of carbonyl (C=O) groups excluding carboxylic acids is 1. The monoisotopic (exact) mass is 247 g/mol. The van der Waals surface area contributed by atoms with Gasteiger partial charge in [-0.25, -0.2) is 0 Å². The van der Waals surface area contributed by atoms with E-state index >= 15 is 0 Å². The summed E-state index contributed by atoms with van der Waals surface area (Å²) in [5, 5.41) is 40.2. The minimum absolute atomic E-state index is 0.0675. The molecule has 0 spiro atoms. The van der Waals surface area contributed by atoms with E-state index in [4.69, 9.17) is 9.84 Å². The second-order valence-electron chi connectivity index (χ2n) is 4.54. The molecule has 5 N–H and O–H groups in total. The van der Waals surface area contributed by atoms with Gasteiger partial charge in [-0.05, 0) is 12.8 Å². The summed E-state index contributed by atoms with van der Waals surface area (Å²) in [7, 11) is 0. The molecule has 7 nitrogen and oxygen atoms in total. The summed E-state index contributed by atoms with van der Waals surface area (Å²) in [6.45, 7) is -0.515. The topological polar surface area (TPSA) is 119 Å². The maximum atomic E-state index is 11.5. The minimum Gasteiger partial charge on any atom is -0.394 e. The van der Waals surface area contributed by atoms with Gasteiger partial charge < -0.3 is 30.5 Å². The van der Waals surface area contributed by atoms with Gasteiger partial charge in [-0.2, -0.15) is 0 Å². The first-order valence-corrected chi connectivity index (χ1v) is 5.65. The molecule has 2 aliphatic rings. The Morgan fingerprint density at radius 1 is 1.24 bits per heavy atom. The van der Waals surface area contributed by atoms with Crippen LogP contribution in [0.1, 0.15) is 12.8 Å². The fraction of sp³-hybridized carbons (Fsp3) is 0.900. The lowest BCUT2D eigenvalue weighted by Gasteiger charge is -2.40. The van der Waals surface area contributed by atoms with Crippen molar-refractivity contribution in [2.45, 2.75) is 43.5 Å². The highest BCUT2D eigenvalue weighted by Gasteiger charge is 2.45. The van der Waals surface area contributed by atoms with Gasteiger partial charge >= 0.3 is 0 Å². The molecule has 7 heteroatoms. The molecule has 0 aromatic rings. The third-order valence-electron chi connectivity index (χ3n) is 3.16. The van der Waals surface area contributed by atoms with Crippen LogP contribution in [0.4, 0.5) is 0 Å². The molecule has 3 unspecified atom stereocenters. The molecule has 98 valence electrons. The quantitative estimate of drug-likeness (QED) is 0.370. The standard InChI is InChI=1S/C10H17NO6/c12-3-5-7(13)8(14)6(10(16)17-5)11-9(15)4-1-2-4/h4-8,10,12-14,16H,1-3H2,(H,11,15)/t5-,6?,7?,8-,10?/m1/s1. The van der Waals surface area contributed by atoms with Crippen LogP contribution in [0.2, 0.25) is 0 Å². The summed E-state index contributed by atoms with van der Waals surface area (Å²) in [5.41, 5.74) is 0. The molecule has 1 aliphatic heterocycles. The van der Waals surface area contributed by atoms with Crippen molar-refractivity contribution in [2.24, 2.45) is 5.92 Å². The van der Waals surface area contributed by atoms with Gasteiger partial charge in [0.1, 0.15) is 24.4 Å². The van der Waals surface area contributed by atoms with Gasteiger partial charge in [0.05, 0.1) is 6.61 Å².